The first-order valence-electron chi connectivity index (χ1n) is 10.3. The number of methoxy groups -OCH3 is 2. The molecule has 1 fully saturated rings. The van der Waals surface area contributed by atoms with Crippen LogP contribution in [-0.4, -0.2) is 83.3 Å². The Kier molecular flexibility index (Phi) is 8.59. The van der Waals surface area contributed by atoms with Crippen molar-refractivity contribution in [1.29, 1.82) is 0 Å². The maximum absolute atomic E-state index is 5.39. The van der Waals surface area contributed by atoms with Crippen molar-refractivity contribution in [2.75, 3.05) is 61.5 Å². The minimum absolute atomic E-state index is 0.175. The largest absolute Gasteiger partial charge is 0.497 e. The molecule has 1 unspecified atom stereocenters. The molecular formula is C22H39N5O2. The van der Waals surface area contributed by atoms with E-state index in [1.54, 1.807) is 14.2 Å². The van der Waals surface area contributed by atoms with Crippen LogP contribution in [0.2, 0.25) is 0 Å². The molecule has 0 saturated carbocycles. The summed E-state index contributed by atoms with van der Waals surface area (Å²) in [6.45, 7) is 9.37. The van der Waals surface area contributed by atoms with Crippen molar-refractivity contribution in [2.24, 2.45) is 10.4 Å². The Hall–Kier alpha value is -1.99. The summed E-state index contributed by atoms with van der Waals surface area (Å²) in [4.78, 5) is 9.09. The molecule has 0 radical (unpaired) electrons. The van der Waals surface area contributed by atoms with Crippen molar-refractivity contribution in [3.8, 4) is 11.5 Å². The number of rotatable bonds is 9. The molecule has 2 N–H and O–H groups in total. The van der Waals surface area contributed by atoms with Crippen LogP contribution in [0.3, 0.4) is 0 Å². The normalized spacial score (nSPS) is 18.2. The quantitative estimate of drug-likeness (QED) is 0.484. The maximum atomic E-state index is 5.39. The van der Waals surface area contributed by atoms with Gasteiger partial charge in [-0.1, -0.05) is 13.8 Å². The van der Waals surface area contributed by atoms with E-state index in [0.717, 1.165) is 56.6 Å². The van der Waals surface area contributed by atoms with Crippen LogP contribution in [0.5, 0.6) is 11.5 Å². The average molecular weight is 406 g/mol. The van der Waals surface area contributed by atoms with Gasteiger partial charge in [0.05, 0.1) is 14.2 Å². The van der Waals surface area contributed by atoms with Gasteiger partial charge in [0.25, 0.3) is 0 Å². The monoisotopic (exact) mass is 405 g/mol. The lowest BCUT2D eigenvalue weighted by molar-refractivity contribution is 0.240. The molecule has 2 rings (SSSR count). The SMILES string of the molecule is CN=C(NCC(C)(C)CN(C)C)NC1CCN(Cc2cc(OC)cc(OC)c2)C1. The smallest absolute Gasteiger partial charge is 0.191 e. The highest BCUT2D eigenvalue weighted by Gasteiger charge is 2.25. The van der Waals surface area contributed by atoms with Crippen LogP contribution in [0.15, 0.2) is 23.2 Å². The zero-order valence-corrected chi connectivity index (χ0v) is 19.2. The lowest BCUT2D eigenvalue weighted by Crippen LogP contribution is -2.48. The van der Waals surface area contributed by atoms with Crippen molar-refractivity contribution < 1.29 is 9.47 Å². The second-order valence-corrected chi connectivity index (χ2v) is 8.91. The highest BCUT2D eigenvalue weighted by molar-refractivity contribution is 5.80. The van der Waals surface area contributed by atoms with Crippen LogP contribution in [-0.2, 0) is 6.54 Å². The van der Waals surface area contributed by atoms with E-state index in [1.807, 2.05) is 13.1 Å². The topological polar surface area (TPSA) is 61.4 Å². The van der Waals surface area contributed by atoms with Crippen molar-refractivity contribution in [3.63, 3.8) is 0 Å². The molecule has 0 aliphatic carbocycles. The first kappa shape index (κ1) is 23.3. The number of aliphatic imine (C=N–C) groups is 1. The lowest BCUT2D eigenvalue weighted by atomic mass is 9.93. The van der Waals surface area contributed by atoms with Gasteiger partial charge in [0.15, 0.2) is 5.96 Å². The molecule has 0 aromatic heterocycles. The Morgan fingerprint density at radius 1 is 1.21 bits per heavy atom. The summed E-state index contributed by atoms with van der Waals surface area (Å²) in [6, 6.07) is 6.46. The molecular weight excluding hydrogens is 366 g/mol. The second-order valence-electron chi connectivity index (χ2n) is 8.91. The molecule has 0 spiro atoms. The summed E-state index contributed by atoms with van der Waals surface area (Å²) in [7, 11) is 9.43. The first-order valence-corrected chi connectivity index (χ1v) is 10.3. The van der Waals surface area contributed by atoms with Gasteiger partial charge in [0.1, 0.15) is 11.5 Å². The van der Waals surface area contributed by atoms with Crippen LogP contribution in [0.25, 0.3) is 0 Å². The Morgan fingerprint density at radius 3 is 2.41 bits per heavy atom. The molecule has 29 heavy (non-hydrogen) atoms. The average Bonchev–Trinajstić information content (AvgIpc) is 3.10. The van der Waals surface area contributed by atoms with Crippen LogP contribution in [0.4, 0.5) is 0 Å². The van der Waals surface area contributed by atoms with Crippen LogP contribution in [0.1, 0.15) is 25.8 Å². The molecule has 1 aliphatic heterocycles. The fourth-order valence-electron chi connectivity index (χ4n) is 3.93. The first-order chi connectivity index (χ1) is 13.7. The number of benzene rings is 1. The van der Waals surface area contributed by atoms with Gasteiger partial charge in [-0.2, -0.15) is 0 Å². The zero-order chi connectivity index (χ0) is 21.4. The van der Waals surface area contributed by atoms with Gasteiger partial charge in [0, 0.05) is 51.9 Å². The summed E-state index contributed by atoms with van der Waals surface area (Å²) in [5, 5.41) is 7.08. The van der Waals surface area contributed by atoms with Gasteiger partial charge in [-0.05, 0) is 43.6 Å². The molecule has 1 aromatic carbocycles. The van der Waals surface area contributed by atoms with E-state index in [9.17, 15) is 0 Å². The van der Waals surface area contributed by atoms with E-state index in [2.05, 4.69) is 65.5 Å². The Morgan fingerprint density at radius 2 is 1.86 bits per heavy atom. The third-order valence-electron chi connectivity index (χ3n) is 5.13. The van der Waals surface area contributed by atoms with Gasteiger partial charge in [0.2, 0.25) is 0 Å². The van der Waals surface area contributed by atoms with Gasteiger partial charge in [-0.25, -0.2) is 0 Å². The van der Waals surface area contributed by atoms with Crippen LogP contribution in [0, 0.1) is 5.41 Å². The second kappa shape index (κ2) is 10.7. The highest BCUT2D eigenvalue weighted by atomic mass is 16.5. The van der Waals surface area contributed by atoms with E-state index in [-0.39, 0.29) is 5.41 Å². The van der Waals surface area contributed by atoms with Crippen LogP contribution >= 0.6 is 0 Å². The van der Waals surface area contributed by atoms with Gasteiger partial charge in [-0.15, -0.1) is 0 Å². The molecule has 164 valence electrons. The molecule has 7 nitrogen and oxygen atoms in total. The predicted octanol–water partition coefficient (Wildman–Crippen LogP) is 2.03. The molecule has 1 aliphatic rings. The van der Waals surface area contributed by atoms with Crippen LogP contribution < -0.4 is 20.1 Å². The van der Waals surface area contributed by atoms with Gasteiger partial charge < -0.3 is 25.0 Å². The van der Waals surface area contributed by atoms with E-state index in [1.165, 1.54) is 5.56 Å². The fourth-order valence-corrected chi connectivity index (χ4v) is 3.93. The number of ether oxygens (including phenoxy) is 2. The molecule has 1 saturated heterocycles. The number of hydrogen-bond donors (Lipinski definition) is 2. The molecule has 0 bridgehead atoms. The molecule has 7 heteroatoms. The lowest BCUT2D eigenvalue weighted by Gasteiger charge is -2.29. The van der Waals surface area contributed by atoms with E-state index < -0.39 is 0 Å². The number of nitrogens with one attached hydrogen (secondary N) is 2. The molecule has 0 amide bonds. The third kappa shape index (κ3) is 7.74. The molecule has 1 heterocycles. The number of guanidine groups is 1. The summed E-state index contributed by atoms with van der Waals surface area (Å²) >= 11 is 0. The molecule has 1 atom stereocenters. The number of nitrogens with zero attached hydrogens (tertiary/aromatic N) is 3. The van der Waals surface area contributed by atoms with E-state index >= 15 is 0 Å². The van der Waals surface area contributed by atoms with E-state index in [4.69, 9.17) is 9.47 Å². The number of hydrogen-bond acceptors (Lipinski definition) is 5. The summed E-state index contributed by atoms with van der Waals surface area (Å²) in [5.74, 6) is 2.54. The molecule has 1 aromatic rings. The third-order valence-corrected chi connectivity index (χ3v) is 5.13. The van der Waals surface area contributed by atoms with Crippen molar-refractivity contribution in [2.45, 2.75) is 32.9 Å². The van der Waals surface area contributed by atoms with Crippen molar-refractivity contribution in [3.05, 3.63) is 23.8 Å². The Balaban J connectivity index is 1.85. The van der Waals surface area contributed by atoms with Crippen molar-refractivity contribution >= 4 is 5.96 Å². The zero-order valence-electron chi connectivity index (χ0n) is 19.2. The summed E-state index contributed by atoms with van der Waals surface area (Å²) < 4.78 is 10.8. The minimum atomic E-state index is 0.175. The maximum Gasteiger partial charge on any atom is 0.191 e. The predicted molar refractivity (Wildman–Crippen MR) is 120 cm³/mol. The fraction of sp³-hybridized carbons (Fsp3) is 0.682. The van der Waals surface area contributed by atoms with Gasteiger partial charge >= 0.3 is 0 Å². The Labute approximate surface area is 176 Å². The minimum Gasteiger partial charge on any atom is -0.497 e. The number of likely N-dealkylation sites (tertiary alicyclic amines) is 1. The van der Waals surface area contributed by atoms with E-state index in [0.29, 0.717) is 6.04 Å². The van der Waals surface area contributed by atoms with Crippen molar-refractivity contribution in [1.82, 2.24) is 20.4 Å². The standard InChI is InChI=1S/C22H39N5O2/c1-22(2,16-26(4)5)15-24-21(23-3)25-18-8-9-27(14-18)13-17-10-19(28-6)12-20(11-17)29-7/h10-12,18H,8-9,13-16H2,1-7H3,(H2,23,24,25). The summed E-state index contributed by atoms with van der Waals surface area (Å²) in [5.41, 5.74) is 1.38. The van der Waals surface area contributed by atoms with Gasteiger partial charge in [-0.3, -0.25) is 9.89 Å². The Bertz CT molecular complexity index is 653. The highest BCUT2D eigenvalue weighted by Crippen LogP contribution is 2.24. The summed E-state index contributed by atoms with van der Waals surface area (Å²) in [6.07, 6.45) is 1.10.